The highest BCUT2D eigenvalue weighted by Gasteiger charge is 2.05. The lowest BCUT2D eigenvalue weighted by Crippen LogP contribution is -1.98. The minimum atomic E-state index is -0.929. The lowest BCUT2D eigenvalue weighted by molar-refractivity contribution is 0.0697. The molecule has 0 unspecified atom stereocenters. The van der Waals surface area contributed by atoms with E-state index in [-0.39, 0.29) is 5.56 Å². The van der Waals surface area contributed by atoms with Crippen LogP contribution in [-0.2, 0) is 0 Å². The highest BCUT2D eigenvalue weighted by Crippen LogP contribution is 2.19. The Kier molecular flexibility index (Phi) is 3.05. The van der Waals surface area contributed by atoms with Crippen molar-refractivity contribution in [3.05, 3.63) is 72.6 Å². The zero-order valence-corrected chi connectivity index (χ0v) is 10.6. The van der Waals surface area contributed by atoms with Crippen molar-refractivity contribution in [2.75, 3.05) is 0 Å². The van der Waals surface area contributed by atoms with Gasteiger partial charge in [-0.05, 0) is 29.8 Å². The summed E-state index contributed by atoms with van der Waals surface area (Å²) in [4.78, 5) is 10.8. The second-order valence-corrected chi connectivity index (χ2v) is 4.39. The van der Waals surface area contributed by atoms with E-state index in [1.165, 1.54) is 0 Å². The van der Waals surface area contributed by atoms with E-state index in [0.29, 0.717) is 0 Å². The second-order valence-electron chi connectivity index (χ2n) is 4.39. The summed E-state index contributed by atoms with van der Waals surface area (Å²) in [5, 5.41) is 13.2. The number of benzene rings is 2. The Balaban J connectivity index is 1.92. The molecule has 1 heterocycles. The van der Waals surface area contributed by atoms with E-state index in [1.54, 1.807) is 35.1 Å². The fourth-order valence-electron chi connectivity index (χ4n) is 2.00. The quantitative estimate of drug-likeness (QED) is 0.790. The molecule has 0 atom stereocenters. The smallest absolute Gasteiger partial charge is 0.335 e. The number of carboxylic acid groups (broad SMARTS) is 1. The van der Waals surface area contributed by atoms with Gasteiger partial charge in [-0.25, -0.2) is 9.48 Å². The van der Waals surface area contributed by atoms with Crippen molar-refractivity contribution < 1.29 is 9.90 Å². The van der Waals surface area contributed by atoms with Crippen LogP contribution < -0.4 is 0 Å². The van der Waals surface area contributed by atoms with E-state index in [2.05, 4.69) is 5.10 Å². The summed E-state index contributed by atoms with van der Waals surface area (Å²) in [6.45, 7) is 0. The van der Waals surface area contributed by atoms with Gasteiger partial charge < -0.3 is 5.11 Å². The fraction of sp³-hybridized carbons (Fsp3) is 0. The number of carbonyl (C=O) groups is 1. The molecular formula is C16H12N2O2. The molecule has 0 radical (unpaired) electrons. The van der Waals surface area contributed by atoms with E-state index in [1.807, 2.05) is 36.5 Å². The Morgan fingerprint density at radius 1 is 0.950 bits per heavy atom. The Bertz CT molecular complexity index is 731. The van der Waals surface area contributed by atoms with Gasteiger partial charge in [0.1, 0.15) is 0 Å². The number of hydrogen-bond donors (Lipinski definition) is 1. The topological polar surface area (TPSA) is 55.1 Å². The molecule has 0 aliphatic heterocycles. The first-order chi connectivity index (χ1) is 9.74. The van der Waals surface area contributed by atoms with Gasteiger partial charge in [0, 0.05) is 11.8 Å². The summed E-state index contributed by atoms with van der Waals surface area (Å²) in [5.74, 6) is -0.929. The minimum Gasteiger partial charge on any atom is -0.478 e. The van der Waals surface area contributed by atoms with Crippen LogP contribution in [0.4, 0.5) is 0 Å². The second kappa shape index (κ2) is 5.01. The van der Waals surface area contributed by atoms with Crippen molar-refractivity contribution in [1.82, 2.24) is 9.78 Å². The van der Waals surface area contributed by atoms with Crippen molar-refractivity contribution in [2.45, 2.75) is 0 Å². The molecule has 1 N–H and O–H groups in total. The number of aromatic carboxylic acids is 1. The molecule has 3 rings (SSSR count). The van der Waals surface area contributed by atoms with Crippen LogP contribution in [0.2, 0.25) is 0 Å². The van der Waals surface area contributed by atoms with Crippen molar-refractivity contribution in [3.63, 3.8) is 0 Å². The van der Waals surface area contributed by atoms with Gasteiger partial charge in [-0.3, -0.25) is 0 Å². The summed E-state index contributed by atoms with van der Waals surface area (Å²) >= 11 is 0. The van der Waals surface area contributed by atoms with Crippen LogP contribution >= 0.6 is 0 Å². The van der Waals surface area contributed by atoms with Crippen molar-refractivity contribution in [2.24, 2.45) is 0 Å². The van der Waals surface area contributed by atoms with E-state index in [9.17, 15) is 4.79 Å². The molecule has 98 valence electrons. The maximum absolute atomic E-state index is 10.8. The minimum absolute atomic E-state index is 0.268. The lowest BCUT2D eigenvalue weighted by Gasteiger charge is -2.01. The molecule has 3 aromatic rings. The SMILES string of the molecule is O=C(O)c1ccc(-n2cc(-c3ccccc3)cn2)cc1. The van der Waals surface area contributed by atoms with Gasteiger partial charge >= 0.3 is 5.97 Å². The first kappa shape index (κ1) is 12.2. The zero-order valence-electron chi connectivity index (χ0n) is 10.6. The summed E-state index contributed by atoms with van der Waals surface area (Å²) in [6, 6.07) is 16.6. The molecule has 0 bridgehead atoms. The molecule has 0 fully saturated rings. The van der Waals surface area contributed by atoms with Crippen LogP contribution in [-0.4, -0.2) is 20.9 Å². The van der Waals surface area contributed by atoms with Gasteiger partial charge in [-0.1, -0.05) is 30.3 Å². The lowest BCUT2D eigenvalue weighted by atomic mass is 10.1. The molecule has 4 nitrogen and oxygen atoms in total. The normalized spacial score (nSPS) is 10.4. The predicted molar refractivity (Wildman–Crippen MR) is 76.0 cm³/mol. The molecular weight excluding hydrogens is 252 g/mol. The third kappa shape index (κ3) is 2.31. The third-order valence-corrected chi connectivity index (χ3v) is 3.07. The Hall–Kier alpha value is -2.88. The molecule has 0 spiro atoms. The summed E-state index contributed by atoms with van der Waals surface area (Å²) in [6.07, 6.45) is 3.71. The van der Waals surface area contributed by atoms with E-state index in [4.69, 9.17) is 5.11 Å². The standard InChI is InChI=1S/C16H12N2O2/c19-16(20)13-6-8-15(9-7-13)18-11-14(10-17-18)12-4-2-1-3-5-12/h1-11H,(H,19,20). The van der Waals surface area contributed by atoms with Crippen LogP contribution in [0.25, 0.3) is 16.8 Å². The van der Waals surface area contributed by atoms with Crippen LogP contribution in [0, 0.1) is 0 Å². The number of rotatable bonds is 3. The Labute approximate surface area is 115 Å². The zero-order chi connectivity index (χ0) is 13.9. The maximum atomic E-state index is 10.8. The number of hydrogen-bond acceptors (Lipinski definition) is 2. The largest absolute Gasteiger partial charge is 0.478 e. The van der Waals surface area contributed by atoms with Crippen molar-refractivity contribution >= 4 is 5.97 Å². The average Bonchev–Trinajstić information content (AvgIpc) is 2.98. The van der Waals surface area contributed by atoms with Gasteiger partial charge in [-0.15, -0.1) is 0 Å². The molecule has 0 amide bonds. The van der Waals surface area contributed by atoms with Crippen LogP contribution in [0.1, 0.15) is 10.4 Å². The molecule has 0 saturated carbocycles. The van der Waals surface area contributed by atoms with E-state index < -0.39 is 5.97 Å². The average molecular weight is 264 g/mol. The summed E-state index contributed by atoms with van der Waals surface area (Å²) < 4.78 is 1.73. The molecule has 0 aliphatic carbocycles. The Morgan fingerprint density at radius 2 is 1.65 bits per heavy atom. The summed E-state index contributed by atoms with van der Waals surface area (Å²) in [7, 11) is 0. The van der Waals surface area contributed by atoms with Crippen molar-refractivity contribution in [3.8, 4) is 16.8 Å². The van der Waals surface area contributed by atoms with Crippen LogP contribution in [0.5, 0.6) is 0 Å². The Morgan fingerprint density at radius 3 is 2.30 bits per heavy atom. The monoisotopic (exact) mass is 264 g/mol. The fourth-order valence-corrected chi connectivity index (χ4v) is 2.00. The van der Waals surface area contributed by atoms with Gasteiger partial charge in [0.15, 0.2) is 0 Å². The third-order valence-electron chi connectivity index (χ3n) is 3.07. The van der Waals surface area contributed by atoms with Crippen LogP contribution in [0.3, 0.4) is 0 Å². The highest BCUT2D eigenvalue weighted by molar-refractivity contribution is 5.87. The van der Waals surface area contributed by atoms with Gasteiger partial charge in [0.25, 0.3) is 0 Å². The molecule has 2 aromatic carbocycles. The maximum Gasteiger partial charge on any atom is 0.335 e. The van der Waals surface area contributed by atoms with Gasteiger partial charge in [0.05, 0.1) is 17.4 Å². The van der Waals surface area contributed by atoms with E-state index in [0.717, 1.165) is 16.8 Å². The molecule has 1 aromatic heterocycles. The first-order valence-electron chi connectivity index (χ1n) is 6.18. The summed E-state index contributed by atoms with van der Waals surface area (Å²) in [5.41, 5.74) is 3.22. The van der Waals surface area contributed by atoms with Crippen molar-refractivity contribution in [1.29, 1.82) is 0 Å². The van der Waals surface area contributed by atoms with Gasteiger partial charge in [-0.2, -0.15) is 5.10 Å². The van der Waals surface area contributed by atoms with E-state index >= 15 is 0 Å². The molecule has 0 saturated heterocycles. The van der Waals surface area contributed by atoms with Crippen LogP contribution in [0.15, 0.2) is 67.0 Å². The van der Waals surface area contributed by atoms with Gasteiger partial charge in [0.2, 0.25) is 0 Å². The molecule has 4 heteroatoms. The highest BCUT2D eigenvalue weighted by atomic mass is 16.4. The number of nitrogens with zero attached hydrogens (tertiary/aromatic N) is 2. The first-order valence-corrected chi connectivity index (χ1v) is 6.18. The number of aromatic nitrogens is 2. The predicted octanol–water partition coefficient (Wildman–Crippen LogP) is 3.24. The molecule has 20 heavy (non-hydrogen) atoms. The number of carboxylic acids is 1. The molecule has 0 aliphatic rings.